The molecule has 39 heavy (non-hydrogen) atoms. The Morgan fingerprint density at radius 1 is 0.974 bits per heavy atom. The third-order valence-electron chi connectivity index (χ3n) is 7.70. The molecule has 0 aromatic heterocycles. The monoisotopic (exact) mass is 542 g/mol. The lowest BCUT2D eigenvalue weighted by Crippen LogP contribution is -2.40. The molecule has 8 heteroatoms. The van der Waals surface area contributed by atoms with Gasteiger partial charge in [0.1, 0.15) is 5.75 Å². The molecule has 3 aliphatic heterocycles. The number of benzene rings is 3. The Morgan fingerprint density at radius 3 is 2.54 bits per heavy atom. The van der Waals surface area contributed by atoms with E-state index >= 15 is 0 Å². The van der Waals surface area contributed by atoms with Gasteiger partial charge in [-0.1, -0.05) is 24.3 Å². The molecular weight excluding hydrogens is 512 g/mol. The zero-order chi connectivity index (χ0) is 26.9. The molecule has 0 N–H and O–H groups in total. The molecule has 0 radical (unpaired) electrons. The summed E-state index contributed by atoms with van der Waals surface area (Å²) in [5.74, 6) is 0.833. The summed E-state index contributed by atoms with van der Waals surface area (Å²) in [5, 5.41) is 0. The Hall–Kier alpha value is -3.75. The zero-order valence-electron chi connectivity index (χ0n) is 22.0. The fourth-order valence-electron chi connectivity index (χ4n) is 5.72. The summed E-state index contributed by atoms with van der Waals surface area (Å²) in [5.41, 5.74) is 4.19. The van der Waals surface area contributed by atoms with Gasteiger partial charge in [0, 0.05) is 52.7 Å². The Kier molecular flexibility index (Phi) is 7.06. The minimum Gasteiger partial charge on any atom is -0.497 e. The molecule has 0 spiro atoms. The molecule has 3 aromatic rings. The number of esters is 2. The minimum atomic E-state index is -0.594. The second kappa shape index (κ2) is 10.8. The lowest BCUT2D eigenvalue weighted by atomic mass is 10.0. The number of hydrogen-bond acceptors (Lipinski definition) is 8. The maximum atomic E-state index is 12.4. The molecular formula is C31H30N2O5S. The highest BCUT2D eigenvalue weighted by Crippen LogP contribution is 2.49. The van der Waals surface area contributed by atoms with E-state index in [0.717, 1.165) is 65.7 Å². The smallest absolute Gasteiger partial charge is 0.336 e. The lowest BCUT2D eigenvalue weighted by molar-refractivity contribution is -0.133. The van der Waals surface area contributed by atoms with Crippen molar-refractivity contribution in [3.05, 3.63) is 83.9 Å². The molecule has 2 atom stereocenters. The average Bonchev–Trinajstić information content (AvgIpc) is 3.36. The van der Waals surface area contributed by atoms with Crippen molar-refractivity contribution in [1.29, 1.82) is 0 Å². The molecule has 0 aliphatic carbocycles. The number of methoxy groups -OCH3 is 1. The number of carbonyl (C=O) groups is 2. The summed E-state index contributed by atoms with van der Waals surface area (Å²) < 4.78 is 16.6. The van der Waals surface area contributed by atoms with E-state index in [0.29, 0.717) is 17.5 Å². The predicted octanol–water partition coefficient (Wildman–Crippen LogP) is 6.05. The maximum absolute atomic E-state index is 12.4. The fourth-order valence-corrected chi connectivity index (χ4v) is 6.80. The van der Waals surface area contributed by atoms with E-state index in [4.69, 9.17) is 14.2 Å². The van der Waals surface area contributed by atoms with Crippen LogP contribution < -0.4 is 19.1 Å². The number of hydrogen-bond donors (Lipinski definition) is 0. The first-order valence-electron chi connectivity index (χ1n) is 13.2. The number of carbonyl (C=O) groups excluding carboxylic acids is 2. The van der Waals surface area contributed by atoms with Crippen LogP contribution in [0.2, 0.25) is 0 Å². The van der Waals surface area contributed by atoms with Crippen LogP contribution in [0.4, 0.5) is 11.4 Å². The van der Waals surface area contributed by atoms with Crippen molar-refractivity contribution in [2.45, 2.75) is 42.5 Å². The second-order valence-electron chi connectivity index (χ2n) is 9.92. The number of thioether (sulfide) groups is 1. The number of ether oxygens (including phenoxy) is 3. The van der Waals surface area contributed by atoms with Crippen LogP contribution in [0.25, 0.3) is 0 Å². The Labute approximate surface area is 232 Å². The standard InChI is InChI=1S/C31H30N2O5S/c1-20(21-9-11-23(36-2)12-10-21)32-17-5-6-22(32)18-33-25-13-14-27-31(38-30(35)16-15-29(34)37-27)24(25)19-39-28-8-4-3-7-26(28)33/h3-4,7-16,20,22H,5-6,17-19H2,1-2H3/b16-15-/t20-,22-/m0/s1. The van der Waals surface area contributed by atoms with Crippen molar-refractivity contribution < 1.29 is 23.8 Å². The number of nitrogens with zero attached hydrogens (tertiary/aromatic N) is 2. The number of likely N-dealkylation sites (tertiary alicyclic amines) is 1. The molecule has 3 aromatic carbocycles. The maximum Gasteiger partial charge on any atom is 0.336 e. The van der Waals surface area contributed by atoms with E-state index in [1.165, 1.54) is 5.56 Å². The average molecular weight is 543 g/mol. The van der Waals surface area contributed by atoms with Gasteiger partial charge in [0.25, 0.3) is 0 Å². The molecule has 0 unspecified atom stereocenters. The van der Waals surface area contributed by atoms with Crippen LogP contribution in [0.1, 0.15) is 36.9 Å². The molecule has 3 aliphatic rings. The van der Waals surface area contributed by atoms with Gasteiger partial charge in [-0.15, -0.1) is 11.8 Å². The molecule has 0 bridgehead atoms. The van der Waals surface area contributed by atoms with Gasteiger partial charge < -0.3 is 19.1 Å². The number of rotatable bonds is 5. The van der Waals surface area contributed by atoms with Gasteiger partial charge in [-0.2, -0.15) is 0 Å². The zero-order valence-corrected chi connectivity index (χ0v) is 22.8. The van der Waals surface area contributed by atoms with E-state index in [2.05, 4.69) is 47.1 Å². The van der Waals surface area contributed by atoms with Crippen LogP contribution in [0.15, 0.2) is 77.7 Å². The minimum absolute atomic E-state index is 0.252. The van der Waals surface area contributed by atoms with Crippen LogP contribution in [0.5, 0.6) is 17.2 Å². The Bertz CT molecular complexity index is 1440. The second-order valence-corrected chi connectivity index (χ2v) is 10.9. The summed E-state index contributed by atoms with van der Waals surface area (Å²) in [4.78, 5) is 30.7. The number of fused-ring (bicyclic) bond motifs is 4. The molecule has 1 fully saturated rings. The van der Waals surface area contributed by atoms with E-state index in [-0.39, 0.29) is 11.8 Å². The number of anilines is 2. The highest BCUT2D eigenvalue weighted by molar-refractivity contribution is 7.98. The predicted molar refractivity (Wildman–Crippen MR) is 151 cm³/mol. The van der Waals surface area contributed by atoms with Gasteiger partial charge in [0.05, 0.1) is 12.8 Å². The quantitative estimate of drug-likeness (QED) is 0.285. The van der Waals surface area contributed by atoms with E-state index < -0.39 is 11.9 Å². The third kappa shape index (κ3) is 5.02. The van der Waals surface area contributed by atoms with Crippen molar-refractivity contribution >= 4 is 35.1 Å². The molecule has 3 heterocycles. The first kappa shape index (κ1) is 25.5. The third-order valence-corrected chi connectivity index (χ3v) is 8.79. The largest absolute Gasteiger partial charge is 0.497 e. The van der Waals surface area contributed by atoms with Gasteiger partial charge >= 0.3 is 11.9 Å². The highest BCUT2D eigenvalue weighted by Gasteiger charge is 2.34. The van der Waals surface area contributed by atoms with Gasteiger partial charge in [-0.05, 0) is 68.3 Å². The van der Waals surface area contributed by atoms with Crippen molar-refractivity contribution in [2.24, 2.45) is 0 Å². The molecule has 7 nitrogen and oxygen atoms in total. The molecule has 1 saturated heterocycles. The fraction of sp³-hybridized carbons (Fsp3) is 0.290. The van der Waals surface area contributed by atoms with Crippen LogP contribution in [0, 0.1) is 0 Å². The van der Waals surface area contributed by atoms with E-state index in [1.54, 1.807) is 24.9 Å². The topological polar surface area (TPSA) is 68.3 Å². The molecule has 6 rings (SSSR count). The summed E-state index contributed by atoms with van der Waals surface area (Å²) in [6.45, 7) is 4.07. The molecule has 200 valence electrons. The van der Waals surface area contributed by atoms with Crippen LogP contribution in [-0.2, 0) is 15.3 Å². The van der Waals surface area contributed by atoms with Crippen LogP contribution in [-0.4, -0.2) is 43.1 Å². The summed E-state index contributed by atoms with van der Waals surface area (Å²) in [7, 11) is 1.69. The van der Waals surface area contributed by atoms with E-state index in [1.807, 2.05) is 24.3 Å². The molecule has 0 amide bonds. The highest BCUT2D eigenvalue weighted by atomic mass is 32.2. The lowest BCUT2D eigenvalue weighted by Gasteiger charge is -2.36. The Balaban J connectivity index is 1.37. The first-order valence-corrected chi connectivity index (χ1v) is 14.2. The van der Waals surface area contributed by atoms with Crippen molar-refractivity contribution in [2.75, 3.05) is 25.1 Å². The summed E-state index contributed by atoms with van der Waals surface area (Å²) in [6.07, 6.45) is 4.42. The summed E-state index contributed by atoms with van der Waals surface area (Å²) in [6, 6.07) is 21.0. The van der Waals surface area contributed by atoms with Gasteiger partial charge in [-0.25, -0.2) is 9.59 Å². The van der Waals surface area contributed by atoms with Gasteiger partial charge in [-0.3, -0.25) is 4.90 Å². The number of para-hydroxylation sites is 1. The SMILES string of the molecule is COc1ccc([C@H](C)N2CCC[C@H]2CN2c3ccccc3SCc3c2ccc2c3OC(=O)/C=C\C(=O)O2)cc1. The van der Waals surface area contributed by atoms with Crippen LogP contribution >= 0.6 is 11.8 Å². The van der Waals surface area contributed by atoms with Crippen LogP contribution in [0.3, 0.4) is 0 Å². The van der Waals surface area contributed by atoms with Crippen molar-refractivity contribution in [3.8, 4) is 17.2 Å². The Morgan fingerprint density at radius 2 is 1.74 bits per heavy atom. The van der Waals surface area contributed by atoms with E-state index in [9.17, 15) is 9.59 Å². The van der Waals surface area contributed by atoms with Gasteiger partial charge in [0.2, 0.25) is 0 Å². The van der Waals surface area contributed by atoms with Crippen molar-refractivity contribution in [3.63, 3.8) is 0 Å². The summed E-state index contributed by atoms with van der Waals surface area (Å²) >= 11 is 1.69. The first-order chi connectivity index (χ1) is 19.0. The normalized spacial score (nSPS) is 20.4. The van der Waals surface area contributed by atoms with Gasteiger partial charge in [0.15, 0.2) is 11.5 Å². The molecule has 0 saturated carbocycles. The van der Waals surface area contributed by atoms with Crippen molar-refractivity contribution in [1.82, 2.24) is 4.90 Å².